The van der Waals surface area contributed by atoms with E-state index in [1.165, 1.54) is 31.2 Å². The van der Waals surface area contributed by atoms with E-state index in [2.05, 4.69) is 45.5 Å². The molecule has 2 nitrogen and oxygen atoms in total. The molecule has 3 heteroatoms. The standard InChI is InChI=1S/C17H24BrNO/c18-15-6-4-13(5-7-15)14-9-16(10-14)19-11-12-2-1-3-17(20)8-12/h4-7,12,14,16-17,19-20H,1-3,8-11H2. The van der Waals surface area contributed by atoms with Gasteiger partial charge in [-0.05, 0) is 68.2 Å². The lowest BCUT2D eigenvalue weighted by atomic mass is 9.75. The first-order chi connectivity index (χ1) is 9.70. The molecule has 0 spiro atoms. The van der Waals surface area contributed by atoms with Crippen molar-refractivity contribution in [3.63, 3.8) is 0 Å². The number of halogens is 1. The molecule has 20 heavy (non-hydrogen) atoms. The van der Waals surface area contributed by atoms with Crippen molar-refractivity contribution in [1.29, 1.82) is 0 Å². The van der Waals surface area contributed by atoms with Crippen molar-refractivity contribution in [3.05, 3.63) is 34.3 Å². The van der Waals surface area contributed by atoms with Gasteiger partial charge in [-0.15, -0.1) is 0 Å². The van der Waals surface area contributed by atoms with Gasteiger partial charge in [-0.25, -0.2) is 0 Å². The van der Waals surface area contributed by atoms with Gasteiger partial charge in [0, 0.05) is 10.5 Å². The molecule has 0 radical (unpaired) electrons. The molecular weight excluding hydrogens is 314 g/mol. The van der Waals surface area contributed by atoms with E-state index in [1.54, 1.807) is 0 Å². The summed E-state index contributed by atoms with van der Waals surface area (Å²) >= 11 is 3.49. The maximum Gasteiger partial charge on any atom is 0.0543 e. The second-order valence-corrected chi connectivity index (χ2v) is 7.43. The Labute approximate surface area is 130 Å². The Kier molecular flexibility index (Phi) is 4.79. The van der Waals surface area contributed by atoms with Gasteiger partial charge in [-0.2, -0.15) is 0 Å². The minimum atomic E-state index is -0.0487. The molecule has 1 aromatic carbocycles. The van der Waals surface area contributed by atoms with Crippen molar-refractivity contribution in [2.45, 2.75) is 56.6 Å². The third-order valence-electron chi connectivity index (χ3n) is 4.93. The highest BCUT2D eigenvalue weighted by molar-refractivity contribution is 9.10. The Hall–Kier alpha value is -0.380. The van der Waals surface area contributed by atoms with E-state index in [0.717, 1.165) is 29.8 Å². The van der Waals surface area contributed by atoms with Crippen LogP contribution in [-0.4, -0.2) is 23.8 Å². The highest BCUT2D eigenvalue weighted by atomic mass is 79.9. The number of hydrogen-bond acceptors (Lipinski definition) is 2. The van der Waals surface area contributed by atoms with E-state index in [4.69, 9.17) is 0 Å². The summed E-state index contributed by atoms with van der Waals surface area (Å²) in [5.41, 5.74) is 1.47. The van der Waals surface area contributed by atoms with Crippen LogP contribution in [0.2, 0.25) is 0 Å². The van der Waals surface area contributed by atoms with Crippen LogP contribution >= 0.6 is 15.9 Å². The smallest absolute Gasteiger partial charge is 0.0543 e. The minimum absolute atomic E-state index is 0.0487. The van der Waals surface area contributed by atoms with E-state index in [-0.39, 0.29) is 6.10 Å². The number of aliphatic hydroxyl groups is 1. The van der Waals surface area contributed by atoms with Gasteiger partial charge in [0.25, 0.3) is 0 Å². The first-order valence-electron chi connectivity index (χ1n) is 7.87. The second kappa shape index (κ2) is 6.59. The van der Waals surface area contributed by atoms with Crippen molar-refractivity contribution in [2.75, 3.05) is 6.54 Å². The molecule has 0 bridgehead atoms. The van der Waals surface area contributed by atoms with Crippen LogP contribution in [0.4, 0.5) is 0 Å². The molecule has 0 aromatic heterocycles. The fraction of sp³-hybridized carbons (Fsp3) is 0.647. The molecule has 3 rings (SSSR count). The molecule has 0 amide bonds. The Morgan fingerprint density at radius 3 is 2.55 bits per heavy atom. The van der Waals surface area contributed by atoms with E-state index in [0.29, 0.717) is 12.0 Å². The van der Waals surface area contributed by atoms with Gasteiger partial charge in [0.1, 0.15) is 0 Å². The summed E-state index contributed by atoms with van der Waals surface area (Å²) in [7, 11) is 0. The predicted molar refractivity (Wildman–Crippen MR) is 85.9 cm³/mol. The van der Waals surface area contributed by atoms with Gasteiger partial charge < -0.3 is 10.4 Å². The van der Waals surface area contributed by atoms with Gasteiger partial charge in [-0.3, -0.25) is 0 Å². The largest absolute Gasteiger partial charge is 0.393 e. The zero-order valence-electron chi connectivity index (χ0n) is 11.9. The summed E-state index contributed by atoms with van der Waals surface area (Å²) in [6.07, 6.45) is 6.95. The fourth-order valence-corrected chi connectivity index (χ4v) is 3.84. The molecule has 2 aliphatic carbocycles. The molecule has 0 heterocycles. The highest BCUT2D eigenvalue weighted by Crippen LogP contribution is 2.37. The van der Waals surface area contributed by atoms with Crippen LogP contribution in [0.15, 0.2) is 28.7 Å². The Morgan fingerprint density at radius 1 is 1.10 bits per heavy atom. The lowest BCUT2D eigenvalue weighted by molar-refractivity contribution is 0.0976. The molecular formula is C17H24BrNO. The van der Waals surface area contributed by atoms with Crippen molar-refractivity contribution >= 4 is 15.9 Å². The lowest BCUT2D eigenvalue weighted by Crippen LogP contribution is -2.43. The quantitative estimate of drug-likeness (QED) is 0.874. The number of aliphatic hydroxyl groups excluding tert-OH is 1. The van der Waals surface area contributed by atoms with Crippen molar-refractivity contribution in [1.82, 2.24) is 5.32 Å². The minimum Gasteiger partial charge on any atom is -0.393 e. The Bertz CT molecular complexity index is 427. The van der Waals surface area contributed by atoms with Crippen LogP contribution in [0.25, 0.3) is 0 Å². The van der Waals surface area contributed by atoms with Crippen LogP contribution in [0, 0.1) is 5.92 Å². The van der Waals surface area contributed by atoms with E-state index in [1.807, 2.05) is 0 Å². The molecule has 2 atom stereocenters. The zero-order valence-corrected chi connectivity index (χ0v) is 13.5. The number of benzene rings is 1. The van der Waals surface area contributed by atoms with Gasteiger partial charge in [0.2, 0.25) is 0 Å². The molecule has 0 saturated heterocycles. The predicted octanol–water partition coefficient (Wildman–Crippen LogP) is 3.84. The number of rotatable bonds is 4. The third-order valence-corrected chi connectivity index (χ3v) is 5.46. The molecule has 2 N–H and O–H groups in total. The lowest BCUT2D eigenvalue weighted by Gasteiger charge is -2.38. The molecule has 2 fully saturated rings. The first kappa shape index (κ1) is 14.6. The average Bonchev–Trinajstić information content (AvgIpc) is 2.39. The molecule has 0 aliphatic heterocycles. The summed E-state index contributed by atoms with van der Waals surface area (Å²) in [6, 6.07) is 9.44. The highest BCUT2D eigenvalue weighted by Gasteiger charge is 2.30. The summed E-state index contributed by atoms with van der Waals surface area (Å²) in [5, 5.41) is 13.4. The monoisotopic (exact) mass is 337 g/mol. The average molecular weight is 338 g/mol. The van der Waals surface area contributed by atoms with E-state index < -0.39 is 0 Å². The fourth-order valence-electron chi connectivity index (χ4n) is 3.57. The number of hydrogen-bond donors (Lipinski definition) is 2. The third kappa shape index (κ3) is 3.63. The van der Waals surface area contributed by atoms with Gasteiger partial charge >= 0.3 is 0 Å². The number of nitrogens with one attached hydrogen (secondary N) is 1. The molecule has 1 aromatic rings. The van der Waals surface area contributed by atoms with Crippen LogP contribution in [-0.2, 0) is 0 Å². The first-order valence-corrected chi connectivity index (χ1v) is 8.67. The maximum atomic E-state index is 9.70. The summed E-state index contributed by atoms with van der Waals surface area (Å²) < 4.78 is 1.16. The van der Waals surface area contributed by atoms with E-state index >= 15 is 0 Å². The SMILES string of the molecule is OC1CCCC(CNC2CC(c3ccc(Br)cc3)C2)C1. The van der Waals surface area contributed by atoms with Crippen LogP contribution < -0.4 is 5.32 Å². The van der Waals surface area contributed by atoms with Gasteiger partial charge in [0.15, 0.2) is 0 Å². The normalized spacial score (nSPS) is 33.7. The van der Waals surface area contributed by atoms with E-state index in [9.17, 15) is 5.11 Å². The zero-order chi connectivity index (χ0) is 13.9. The summed E-state index contributed by atoms with van der Waals surface area (Å²) in [6.45, 7) is 1.09. The van der Waals surface area contributed by atoms with Crippen molar-refractivity contribution in [3.8, 4) is 0 Å². The molecule has 110 valence electrons. The molecule has 2 aliphatic rings. The van der Waals surface area contributed by atoms with Crippen LogP contribution in [0.5, 0.6) is 0 Å². The summed E-state index contributed by atoms with van der Waals surface area (Å²) in [4.78, 5) is 0. The maximum absolute atomic E-state index is 9.70. The summed E-state index contributed by atoms with van der Waals surface area (Å²) in [5.74, 6) is 1.42. The Balaban J connectivity index is 1.39. The van der Waals surface area contributed by atoms with Crippen LogP contribution in [0.1, 0.15) is 50.0 Å². The van der Waals surface area contributed by atoms with Crippen LogP contribution in [0.3, 0.4) is 0 Å². The van der Waals surface area contributed by atoms with Crippen molar-refractivity contribution < 1.29 is 5.11 Å². The Morgan fingerprint density at radius 2 is 1.85 bits per heavy atom. The molecule has 2 saturated carbocycles. The van der Waals surface area contributed by atoms with Gasteiger partial charge in [0.05, 0.1) is 6.10 Å². The van der Waals surface area contributed by atoms with Gasteiger partial charge in [-0.1, -0.05) is 34.5 Å². The topological polar surface area (TPSA) is 32.3 Å². The molecule has 2 unspecified atom stereocenters. The van der Waals surface area contributed by atoms with Crippen molar-refractivity contribution in [2.24, 2.45) is 5.92 Å². The second-order valence-electron chi connectivity index (χ2n) is 6.51.